The number of aromatic nitrogens is 1. The van der Waals surface area contributed by atoms with Gasteiger partial charge < -0.3 is 20.5 Å². The summed E-state index contributed by atoms with van der Waals surface area (Å²) in [6.07, 6.45) is 1.19. The third kappa shape index (κ3) is 4.90. The van der Waals surface area contributed by atoms with Crippen molar-refractivity contribution in [3.8, 4) is 5.88 Å². The van der Waals surface area contributed by atoms with Gasteiger partial charge in [0, 0.05) is 30.3 Å². The zero-order valence-electron chi connectivity index (χ0n) is 13.4. The van der Waals surface area contributed by atoms with Crippen molar-refractivity contribution in [1.82, 2.24) is 10.3 Å². The number of methoxy groups -OCH3 is 1. The predicted octanol–water partition coefficient (Wildman–Crippen LogP) is 1.83. The maximum atomic E-state index is 11.8. The van der Waals surface area contributed by atoms with Crippen LogP contribution in [0.3, 0.4) is 0 Å². The number of pyridine rings is 1. The molecule has 1 unspecified atom stereocenters. The Balaban J connectivity index is 2.83. The zero-order chi connectivity index (χ0) is 16.1. The Morgan fingerprint density at radius 2 is 2.05 bits per heavy atom. The fourth-order valence-electron chi connectivity index (χ4n) is 1.87. The molecule has 0 saturated heterocycles. The van der Waals surface area contributed by atoms with Gasteiger partial charge in [0.15, 0.2) is 0 Å². The summed E-state index contributed by atoms with van der Waals surface area (Å²) in [5.41, 5.74) is 5.73. The molecule has 118 valence electrons. The van der Waals surface area contributed by atoms with Gasteiger partial charge in [-0.25, -0.2) is 9.78 Å². The highest BCUT2D eigenvalue weighted by molar-refractivity contribution is 5.67. The van der Waals surface area contributed by atoms with E-state index in [-0.39, 0.29) is 0 Å². The van der Waals surface area contributed by atoms with Crippen molar-refractivity contribution in [3.63, 3.8) is 0 Å². The third-order valence-electron chi connectivity index (χ3n) is 3.09. The molecule has 21 heavy (non-hydrogen) atoms. The molecule has 6 nitrogen and oxygen atoms in total. The monoisotopic (exact) mass is 295 g/mol. The van der Waals surface area contributed by atoms with E-state index in [4.69, 9.17) is 15.2 Å². The van der Waals surface area contributed by atoms with Crippen molar-refractivity contribution in [3.05, 3.63) is 23.9 Å². The molecule has 1 aromatic heterocycles. The summed E-state index contributed by atoms with van der Waals surface area (Å²) >= 11 is 0. The number of amides is 1. The van der Waals surface area contributed by atoms with E-state index in [9.17, 15) is 4.79 Å². The van der Waals surface area contributed by atoms with Crippen LogP contribution in [0.1, 0.15) is 33.3 Å². The highest BCUT2D eigenvalue weighted by Gasteiger charge is 2.30. The average molecular weight is 295 g/mol. The van der Waals surface area contributed by atoms with Gasteiger partial charge >= 0.3 is 6.09 Å². The number of carbonyl (C=O) groups is 1. The molecule has 1 aromatic rings. The highest BCUT2D eigenvalue weighted by atomic mass is 16.6. The van der Waals surface area contributed by atoms with Gasteiger partial charge in [-0.2, -0.15) is 0 Å². The van der Waals surface area contributed by atoms with Gasteiger partial charge in [-0.15, -0.1) is 0 Å². The first-order valence-corrected chi connectivity index (χ1v) is 6.88. The van der Waals surface area contributed by atoms with Gasteiger partial charge in [0.25, 0.3) is 0 Å². The summed E-state index contributed by atoms with van der Waals surface area (Å²) in [5, 5.41) is 2.76. The van der Waals surface area contributed by atoms with Crippen LogP contribution in [-0.2, 0) is 10.2 Å². The smallest absolute Gasteiger partial charge is 0.407 e. The minimum atomic E-state index is -0.533. The number of carbonyl (C=O) groups excluding carboxylic acids is 1. The standard InChI is InChI=1S/C15H25N3O3/c1-14(2,3)21-13(19)18-10-15(4,9-16)11-7-6-8-17-12(11)20-5/h6-8H,9-10,16H2,1-5H3,(H,18,19). The maximum Gasteiger partial charge on any atom is 0.407 e. The summed E-state index contributed by atoms with van der Waals surface area (Å²) in [6, 6.07) is 3.72. The molecule has 1 atom stereocenters. The lowest BCUT2D eigenvalue weighted by atomic mass is 9.83. The molecular formula is C15H25N3O3. The van der Waals surface area contributed by atoms with Gasteiger partial charge in [-0.3, -0.25) is 0 Å². The van der Waals surface area contributed by atoms with Crippen LogP contribution < -0.4 is 15.8 Å². The van der Waals surface area contributed by atoms with Crippen molar-refractivity contribution in [2.45, 2.75) is 38.7 Å². The predicted molar refractivity (Wildman–Crippen MR) is 81.4 cm³/mol. The molecule has 0 spiro atoms. The van der Waals surface area contributed by atoms with E-state index >= 15 is 0 Å². The Labute approximate surface area is 126 Å². The van der Waals surface area contributed by atoms with Crippen LogP contribution in [0.25, 0.3) is 0 Å². The molecule has 3 N–H and O–H groups in total. The minimum Gasteiger partial charge on any atom is -0.481 e. The Hall–Kier alpha value is -1.82. The van der Waals surface area contributed by atoms with Crippen molar-refractivity contribution in [2.24, 2.45) is 5.73 Å². The number of ether oxygens (including phenoxy) is 2. The molecule has 0 aliphatic rings. The van der Waals surface area contributed by atoms with Crippen LogP contribution in [0.15, 0.2) is 18.3 Å². The molecule has 0 saturated carbocycles. The summed E-state index contributed by atoms with van der Waals surface area (Å²) in [7, 11) is 1.56. The summed E-state index contributed by atoms with van der Waals surface area (Å²) in [6.45, 7) is 8.08. The molecule has 1 rings (SSSR count). The molecular weight excluding hydrogens is 270 g/mol. The molecule has 1 amide bonds. The Kier molecular flexibility index (Phi) is 5.54. The molecule has 1 heterocycles. The van der Waals surface area contributed by atoms with E-state index < -0.39 is 17.1 Å². The second kappa shape index (κ2) is 6.76. The molecule has 0 radical (unpaired) electrons. The summed E-state index contributed by atoms with van der Waals surface area (Å²) in [4.78, 5) is 16.0. The third-order valence-corrected chi connectivity index (χ3v) is 3.09. The number of nitrogens with zero attached hydrogens (tertiary/aromatic N) is 1. The topological polar surface area (TPSA) is 86.5 Å². The fraction of sp³-hybridized carbons (Fsp3) is 0.600. The van der Waals surface area contributed by atoms with E-state index in [1.165, 1.54) is 0 Å². The van der Waals surface area contributed by atoms with E-state index in [0.717, 1.165) is 5.56 Å². The van der Waals surface area contributed by atoms with Crippen molar-refractivity contribution in [1.29, 1.82) is 0 Å². The van der Waals surface area contributed by atoms with E-state index in [2.05, 4.69) is 10.3 Å². The van der Waals surface area contributed by atoms with Crippen molar-refractivity contribution >= 4 is 6.09 Å². The lowest BCUT2D eigenvalue weighted by Crippen LogP contribution is -2.45. The lowest BCUT2D eigenvalue weighted by molar-refractivity contribution is 0.0516. The number of nitrogens with one attached hydrogen (secondary N) is 1. The van der Waals surface area contributed by atoms with Crippen molar-refractivity contribution in [2.75, 3.05) is 20.2 Å². The van der Waals surface area contributed by atoms with E-state index in [0.29, 0.717) is 19.0 Å². The lowest BCUT2D eigenvalue weighted by Gasteiger charge is -2.30. The quantitative estimate of drug-likeness (QED) is 0.865. The maximum absolute atomic E-state index is 11.8. The zero-order valence-corrected chi connectivity index (χ0v) is 13.4. The molecule has 0 aliphatic carbocycles. The number of hydrogen-bond donors (Lipinski definition) is 2. The Morgan fingerprint density at radius 3 is 2.57 bits per heavy atom. The van der Waals surface area contributed by atoms with Gasteiger partial charge in [0.05, 0.1) is 7.11 Å². The van der Waals surface area contributed by atoms with Crippen LogP contribution >= 0.6 is 0 Å². The minimum absolute atomic E-state index is 0.334. The van der Waals surface area contributed by atoms with Gasteiger partial charge in [0.2, 0.25) is 5.88 Å². The van der Waals surface area contributed by atoms with E-state index in [1.54, 1.807) is 13.3 Å². The van der Waals surface area contributed by atoms with Crippen molar-refractivity contribution < 1.29 is 14.3 Å². The first-order chi connectivity index (χ1) is 9.72. The second-order valence-corrected chi connectivity index (χ2v) is 6.18. The molecule has 0 bridgehead atoms. The number of nitrogens with two attached hydrogens (primary N) is 1. The average Bonchev–Trinajstić information content (AvgIpc) is 2.43. The first kappa shape index (κ1) is 17.2. The van der Waals surface area contributed by atoms with Gasteiger partial charge in [0.1, 0.15) is 5.60 Å². The largest absolute Gasteiger partial charge is 0.481 e. The number of hydrogen-bond acceptors (Lipinski definition) is 5. The molecule has 6 heteroatoms. The van der Waals surface area contributed by atoms with E-state index in [1.807, 2.05) is 39.8 Å². The normalized spacial score (nSPS) is 14.2. The van der Waals surface area contributed by atoms with Crippen LogP contribution in [0.5, 0.6) is 5.88 Å². The Morgan fingerprint density at radius 1 is 1.38 bits per heavy atom. The van der Waals surface area contributed by atoms with Crippen LogP contribution in [0, 0.1) is 0 Å². The highest BCUT2D eigenvalue weighted by Crippen LogP contribution is 2.28. The molecule has 0 aliphatic heterocycles. The number of rotatable bonds is 5. The molecule has 0 aromatic carbocycles. The van der Waals surface area contributed by atoms with Crippen LogP contribution in [0.2, 0.25) is 0 Å². The van der Waals surface area contributed by atoms with Crippen LogP contribution in [0.4, 0.5) is 4.79 Å². The molecule has 0 fully saturated rings. The van der Waals surface area contributed by atoms with Gasteiger partial charge in [-0.1, -0.05) is 13.0 Å². The fourth-order valence-corrected chi connectivity index (χ4v) is 1.87. The van der Waals surface area contributed by atoms with Crippen LogP contribution in [-0.4, -0.2) is 36.9 Å². The SMILES string of the molecule is COc1ncccc1C(C)(CN)CNC(=O)OC(C)(C)C. The number of alkyl carbamates (subject to hydrolysis) is 1. The summed E-state index contributed by atoms with van der Waals surface area (Å²) < 4.78 is 10.5. The second-order valence-electron chi connectivity index (χ2n) is 6.18. The van der Waals surface area contributed by atoms with Gasteiger partial charge in [-0.05, 0) is 26.8 Å². The Bertz CT molecular complexity index is 485. The first-order valence-electron chi connectivity index (χ1n) is 6.88. The summed E-state index contributed by atoms with van der Waals surface area (Å²) in [5.74, 6) is 0.511.